The molecule has 236 valence electrons. The second kappa shape index (κ2) is 14.0. The smallest absolute Gasteiger partial charge is 0.261 e. The van der Waals surface area contributed by atoms with Crippen LogP contribution in [0.3, 0.4) is 0 Å². The van der Waals surface area contributed by atoms with Gasteiger partial charge in [0.05, 0.1) is 29.4 Å². The molecule has 2 aromatic carbocycles. The van der Waals surface area contributed by atoms with Gasteiger partial charge < -0.3 is 25.1 Å². The highest BCUT2D eigenvalue weighted by atomic mass is 16.3. The number of fused-ring (bicyclic) bond motifs is 1. The number of aromatic nitrogens is 2. The van der Waals surface area contributed by atoms with Crippen LogP contribution in [0.5, 0.6) is 0 Å². The van der Waals surface area contributed by atoms with Crippen molar-refractivity contribution in [2.45, 2.75) is 57.6 Å². The fourth-order valence-corrected chi connectivity index (χ4v) is 6.31. The number of aliphatic hydroxyl groups is 1. The number of likely N-dealkylation sites (N-methyl/N-ethyl adjacent to an activating group) is 1. The molecule has 2 fully saturated rings. The van der Waals surface area contributed by atoms with E-state index >= 15 is 0 Å². The lowest BCUT2D eigenvalue weighted by atomic mass is 9.84. The van der Waals surface area contributed by atoms with Crippen LogP contribution in [0.2, 0.25) is 0 Å². The van der Waals surface area contributed by atoms with Gasteiger partial charge >= 0.3 is 0 Å². The highest BCUT2D eigenvalue weighted by Gasteiger charge is 2.35. The quantitative estimate of drug-likeness (QED) is 0.367. The van der Waals surface area contributed by atoms with Gasteiger partial charge in [-0.3, -0.25) is 19.0 Å². The first kappa shape index (κ1) is 31.8. The minimum absolute atomic E-state index is 0.0662. The van der Waals surface area contributed by atoms with E-state index in [1.807, 2.05) is 23.1 Å². The predicted molar refractivity (Wildman–Crippen MR) is 173 cm³/mol. The topological polar surface area (TPSA) is 111 Å². The number of piperazine rings is 1. The molecule has 2 saturated heterocycles. The lowest BCUT2D eigenvalue weighted by Crippen LogP contribution is -2.50. The Balaban J connectivity index is 1.15. The van der Waals surface area contributed by atoms with Gasteiger partial charge in [0.1, 0.15) is 0 Å². The monoisotopic (exact) mass is 602 g/mol. The lowest BCUT2D eigenvalue weighted by molar-refractivity contribution is -0.136. The zero-order valence-corrected chi connectivity index (χ0v) is 26.2. The number of carbonyl (C=O) groups excluding carboxylic acids is 2. The Morgan fingerprint density at radius 1 is 1.00 bits per heavy atom. The van der Waals surface area contributed by atoms with Crippen molar-refractivity contribution in [3.05, 3.63) is 70.8 Å². The number of benzene rings is 2. The van der Waals surface area contributed by atoms with E-state index in [4.69, 9.17) is 0 Å². The Bertz CT molecular complexity index is 1490. The summed E-state index contributed by atoms with van der Waals surface area (Å²) in [6, 6.07) is 15.3. The Kier molecular flexibility index (Phi) is 10.1. The van der Waals surface area contributed by atoms with Gasteiger partial charge in [0.15, 0.2) is 0 Å². The molecule has 2 amide bonds. The fraction of sp³-hybridized carbons (Fsp3) is 0.529. The van der Waals surface area contributed by atoms with Crippen molar-refractivity contribution in [3.63, 3.8) is 0 Å². The van der Waals surface area contributed by atoms with E-state index in [1.54, 1.807) is 18.2 Å². The first-order valence-corrected chi connectivity index (χ1v) is 15.9. The normalized spacial score (nSPS) is 18.4. The number of nitrogens with zero attached hydrogens (tertiary/aromatic N) is 5. The molecule has 2 aliphatic rings. The van der Waals surface area contributed by atoms with Crippen molar-refractivity contribution in [2.75, 3.05) is 58.2 Å². The minimum atomic E-state index is -1.11. The molecule has 3 heterocycles. The molecule has 1 atom stereocenters. The third kappa shape index (κ3) is 7.91. The number of carbonyl (C=O) groups is 2. The Morgan fingerprint density at radius 2 is 1.70 bits per heavy atom. The van der Waals surface area contributed by atoms with E-state index in [2.05, 4.69) is 53.1 Å². The molecule has 1 aromatic heterocycles. The molecule has 2 aliphatic heterocycles. The molecule has 0 bridgehead atoms. The molecule has 0 aliphatic carbocycles. The fourth-order valence-electron chi connectivity index (χ4n) is 6.31. The van der Waals surface area contributed by atoms with E-state index in [1.165, 1.54) is 16.5 Å². The van der Waals surface area contributed by atoms with Crippen molar-refractivity contribution in [1.29, 1.82) is 0 Å². The summed E-state index contributed by atoms with van der Waals surface area (Å²) < 4.78 is 1.46. The Labute approximate surface area is 259 Å². The summed E-state index contributed by atoms with van der Waals surface area (Å²) in [6.07, 6.45) is 3.09. The number of likely N-dealkylation sites (tertiary alicyclic amines) is 1. The van der Waals surface area contributed by atoms with Crippen molar-refractivity contribution in [3.8, 4) is 0 Å². The molecule has 2 N–H and O–H groups in total. The first-order chi connectivity index (χ1) is 21.1. The number of hydrogen-bond donors (Lipinski definition) is 2. The van der Waals surface area contributed by atoms with Crippen LogP contribution in [-0.2, 0) is 16.1 Å². The molecule has 10 nitrogen and oxygen atoms in total. The zero-order valence-electron chi connectivity index (χ0n) is 26.2. The summed E-state index contributed by atoms with van der Waals surface area (Å²) in [4.78, 5) is 50.0. The van der Waals surface area contributed by atoms with Crippen LogP contribution in [0.15, 0.2) is 59.7 Å². The molecular formula is C34H46N6O4. The van der Waals surface area contributed by atoms with Gasteiger partial charge in [-0.25, -0.2) is 4.98 Å². The molecule has 1 unspecified atom stereocenters. The van der Waals surface area contributed by atoms with Crippen LogP contribution in [-0.4, -0.2) is 99.6 Å². The maximum atomic E-state index is 13.3. The third-order valence-corrected chi connectivity index (χ3v) is 9.30. The van der Waals surface area contributed by atoms with Crippen LogP contribution >= 0.6 is 0 Å². The molecule has 0 saturated carbocycles. The van der Waals surface area contributed by atoms with Crippen LogP contribution in [0.4, 0.5) is 5.69 Å². The summed E-state index contributed by atoms with van der Waals surface area (Å²) in [5.41, 5.74) is 0.924. The number of hydrogen-bond acceptors (Lipinski definition) is 7. The van der Waals surface area contributed by atoms with Crippen LogP contribution in [0.25, 0.3) is 10.9 Å². The molecule has 0 spiro atoms. The standard InChI is InChI=1S/C34H46N6O4/c1-25(2)29(26-7-5-4-6-8-26)22-32(42)39-15-12-34(44,13-16-39)23-40-24-35-30-21-27(9-10-28(30)33(40)43)36-31(41)11-14-38-19-17-37(3)18-20-38/h4-10,21,24-25,29,44H,11-20,22-23H2,1-3H3,(H,36,41). The number of piperidine rings is 1. The van der Waals surface area contributed by atoms with E-state index in [-0.39, 0.29) is 29.8 Å². The second-order valence-electron chi connectivity index (χ2n) is 12.9. The maximum Gasteiger partial charge on any atom is 0.261 e. The van der Waals surface area contributed by atoms with Crippen molar-refractivity contribution in [1.82, 2.24) is 24.3 Å². The maximum absolute atomic E-state index is 13.3. The lowest BCUT2D eigenvalue weighted by Gasteiger charge is -2.39. The minimum Gasteiger partial charge on any atom is -0.388 e. The van der Waals surface area contributed by atoms with E-state index in [0.29, 0.717) is 61.3 Å². The zero-order chi connectivity index (χ0) is 31.3. The van der Waals surface area contributed by atoms with E-state index < -0.39 is 5.60 Å². The van der Waals surface area contributed by atoms with Gasteiger partial charge in [0.25, 0.3) is 5.56 Å². The average molecular weight is 603 g/mol. The third-order valence-electron chi connectivity index (χ3n) is 9.30. The SMILES string of the molecule is CC(C)C(CC(=O)N1CCC(O)(Cn2cnc3cc(NC(=O)CCN4CCN(C)CC4)ccc3c2=O)CC1)c1ccccc1. The number of nitrogens with one attached hydrogen (secondary N) is 1. The average Bonchev–Trinajstić information content (AvgIpc) is 3.01. The largest absolute Gasteiger partial charge is 0.388 e. The molecule has 5 rings (SSSR count). The summed E-state index contributed by atoms with van der Waals surface area (Å²) >= 11 is 0. The molecule has 10 heteroatoms. The van der Waals surface area contributed by atoms with Crippen molar-refractivity contribution in [2.24, 2.45) is 5.92 Å². The summed E-state index contributed by atoms with van der Waals surface area (Å²) in [7, 11) is 2.11. The predicted octanol–water partition coefficient (Wildman–Crippen LogP) is 3.16. The van der Waals surface area contributed by atoms with Gasteiger partial charge in [-0.15, -0.1) is 0 Å². The van der Waals surface area contributed by atoms with Gasteiger partial charge in [-0.2, -0.15) is 0 Å². The van der Waals surface area contributed by atoms with E-state index in [0.717, 1.165) is 32.7 Å². The second-order valence-corrected chi connectivity index (χ2v) is 12.9. The Morgan fingerprint density at radius 3 is 2.39 bits per heavy atom. The van der Waals surface area contributed by atoms with Crippen molar-refractivity contribution < 1.29 is 14.7 Å². The molecule has 44 heavy (non-hydrogen) atoms. The van der Waals surface area contributed by atoms with Gasteiger partial charge in [-0.1, -0.05) is 44.2 Å². The molecule has 0 radical (unpaired) electrons. The van der Waals surface area contributed by atoms with Crippen LogP contribution < -0.4 is 10.9 Å². The number of amides is 2. The van der Waals surface area contributed by atoms with Crippen LogP contribution in [0.1, 0.15) is 51.0 Å². The molecular weight excluding hydrogens is 556 g/mol. The first-order valence-electron chi connectivity index (χ1n) is 15.9. The van der Waals surface area contributed by atoms with Gasteiger partial charge in [-0.05, 0) is 55.5 Å². The number of anilines is 1. The highest BCUT2D eigenvalue weighted by molar-refractivity contribution is 5.93. The highest BCUT2D eigenvalue weighted by Crippen LogP contribution is 2.30. The summed E-state index contributed by atoms with van der Waals surface area (Å²) in [5, 5.41) is 14.8. The molecule has 3 aromatic rings. The van der Waals surface area contributed by atoms with Crippen LogP contribution in [0, 0.1) is 5.92 Å². The van der Waals surface area contributed by atoms with Gasteiger partial charge in [0, 0.05) is 64.3 Å². The summed E-state index contributed by atoms with van der Waals surface area (Å²) in [6.45, 7) is 9.97. The van der Waals surface area contributed by atoms with Crippen molar-refractivity contribution >= 4 is 28.4 Å². The van der Waals surface area contributed by atoms with E-state index in [9.17, 15) is 19.5 Å². The van der Waals surface area contributed by atoms with Gasteiger partial charge in [0.2, 0.25) is 11.8 Å². The Hall–Kier alpha value is -3.60. The summed E-state index contributed by atoms with van der Waals surface area (Å²) in [5.74, 6) is 0.502. The number of rotatable bonds is 10.